The zero-order chi connectivity index (χ0) is 44.1. The van der Waals surface area contributed by atoms with Crippen molar-refractivity contribution in [3.05, 3.63) is 52.1 Å². The van der Waals surface area contributed by atoms with Gasteiger partial charge < -0.3 is 34.3 Å². The first-order chi connectivity index (χ1) is 28.3. The zero-order valence-electron chi connectivity index (χ0n) is 35.7. The number of carbonyl (C=O) groups excluding carboxylic acids is 6. The van der Waals surface area contributed by atoms with E-state index in [1.807, 2.05) is 58.1 Å². The number of anilines is 1. The van der Waals surface area contributed by atoms with E-state index < -0.39 is 64.9 Å². The van der Waals surface area contributed by atoms with E-state index in [1.165, 1.54) is 16.7 Å². The number of hydrogen-bond acceptors (Lipinski definition) is 12. The van der Waals surface area contributed by atoms with E-state index in [2.05, 4.69) is 10.6 Å². The molecule has 330 valence electrons. The molecule has 1 aromatic carbocycles. The van der Waals surface area contributed by atoms with Crippen LogP contribution in [0, 0.1) is 18.8 Å². The van der Waals surface area contributed by atoms with Gasteiger partial charge in [-0.2, -0.15) is 0 Å². The maximum Gasteiger partial charge on any atom is 0.409 e. The van der Waals surface area contributed by atoms with Gasteiger partial charge in [0.2, 0.25) is 23.6 Å². The highest BCUT2D eigenvalue weighted by Gasteiger charge is 2.64. The van der Waals surface area contributed by atoms with E-state index in [0.717, 1.165) is 21.6 Å². The number of nitrogens with zero attached hydrogens (tertiary/aromatic N) is 2. The van der Waals surface area contributed by atoms with E-state index in [4.69, 9.17) is 30.5 Å². The van der Waals surface area contributed by atoms with E-state index >= 15 is 0 Å². The van der Waals surface area contributed by atoms with Crippen molar-refractivity contribution in [2.24, 2.45) is 11.8 Å². The molecule has 0 aliphatic carbocycles. The molecular formula is C43H59ClN4O11S. The summed E-state index contributed by atoms with van der Waals surface area (Å²) < 4.78 is 23.9. The SMILES string of the molecule is CCNC(=O)CCN1C(=O)CC(SCCCO[C@@H](C)C(=O)O[C@H]2CC(=O)N(C)c3cc(cc(C)c3Cl)C/C(C)=C/C=C/[C@@H](C)[C@@]3(O)CC(OC(=O)N3)[C@@H](C)[C@@H]3O[C@@]23C)C1=O. The maximum absolute atomic E-state index is 14.1. The Morgan fingerprint density at radius 1 is 1.15 bits per heavy atom. The van der Waals surface area contributed by atoms with Crippen LogP contribution in [0.5, 0.6) is 0 Å². The molecule has 4 heterocycles. The molecule has 1 aromatic rings. The van der Waals surface area contributed by atoms with E-state index in [9.17, 15) is 33.9 Å². The summed E-state index contributed by atoms with van der Waals surface area (Å²) in [5.41, 5.74) is 0.439. The van der Waals surface area contributed by atoms with Crippen LogP contribution in [-0.2, 0) is 49.3 Å². The minimum absolute atomic E-state index is 0.0417. The molecule has 5 rings (SSSR count). The van der Waals surface area contributed by atoms with Crippen molar-refractivity contribution in [2.75, 3.05) is 37.4 Å². The molecule has 3 fully saturated rings. The van der Waals surface area contributed by atoms with E-state index in [1.54, 1.807) is 27.8 Å². The molecule has 3 N–H and O–H groups in total. The van der Waals surface area contributed by atoms with Gasteiger partial charge in [-0.15, -0.1) is 11.8 Å². The summed E-state index contributed by atoms with van der Waals surface area (Å²) >= 11 is 8.11. The van der Waals surface area contributed by atoms with Crippen LogP contribution in [-0.4, -0.2) is 119 Å². The average Bonchev–Trinajstić information content (AvgIpc) is 3.80. The number of aryl methyl sites for hydroxylation is 1. The molecule has 17 heteroatoms. The molecule has 4 aliphatic rings. The molecule has 3 saturated heterocycles. The monoisotopic (exact) mass is 874 g/mol. The van der Waals surface area contributed by atoms with Crippen LogP contribution < -0.4 is 15.5 Å². The number of thioether (sulfide) groups is 1. The number of allylic oxidation sites excluding steroid dienone is 3. The standard InChI is InChI=1S/C43H59ClN4O11S/c1-9-45-34(49)14-15-48-36(51)21-32(39(48)52)60-17-11-16-56-28(6)40(53)58-33-22-35(50)47(8)30-20-29(19-25(3)37(30)44)18-24(2)12-10-13-26(4)43(55)23-31(57-41(54)46-43)27(5)38-42(33,7)59-38/h10,12-13,19-20,26-28,31-33,38,55H,9,11,14-18,21-23H2,1-8H3,(H,45,49)(H,46,54)/b13-10+,24-12+/t26-,27-,28+,31?,32?,33+,38+,42+,43+/m1/s1. The van der Waals surface area contributed by atoms with Crippen molar-refractivity contribution in [1.29, 1.82) is 0 Å². The van der Waals surface area contributed by atoms with Gasteiger partial charge in [0.25, 0.3) is 0 Å². The quantitative estimate of drug-likeness (QED) is 0.113. The van der Waals surface area contributed by atoms with Crippen molar-refractivity contribution in [3.63, 3.8) is 0 Å². The summed E-state index contributed by atoms with van der Waals surface area (Å²) in [5.74, 6) is -2.43. The number of hydrogen-bond donors (Lipinski definition) is 3. The average molecular weight is 875 g/mol. The molecule has 0 aromatic heterocycles. The van der Waals surface area contributed by atoms with Crippen LogP contribution in [0.25, 0.3) is 0 Å². The van der Waals surface area contributed by atoms with Gasteiger partial charge in [-0.3, -0.25) is 29.4 Å². The Bertz CT molecular complexity index is 1890. The first-order valence-electron chi connectivity index (χ1n) is 20.6. The third-order valence-corrected chi connectivity index (χ3v) is 13.6. The van der Waals surface area contributed by atoms with Crippen LogP contribution in [0.2, 0.25) is 5.02 Å². The summed E-state index contributed by atoms with van der Waals surface area (Å²) in [4.78, 5) is 80.3. The van der Waals surface area contributed by atoms with Crippen LogP contribution in [0.3, 0.4) is 0 Å². The number of carbonyl (C=O) groups is 6. The largest absolute Gasteiger partial charge is 0.457 e. The van der Waals surface area contributed by atoms with Crippen LogP contribution in [0.15, 0.2) is 35.9 Å². The smallest absolute Gasteiger partial charge is 0.409 e. The van der Waals surface area contributed by atoms with Gasteiger partial charge >= 0.3 is 12.1 Å². The van der Waals surface area contributed by atoms with Crippen LogP contribution >= 0.6 is 23.4 Å². The second-order valence-corrected chi connectivity index (χ2v) is 18.2. The topological polar surface area (TPSA) is 193 Å². The summed E-state index contributed by atoms with van der Waals surface area (Å²) in [6.07, 6.45) is 2.27. The lowest BCUT2D eigenvalue weighted by Gasteiger charge is -2.41. The summed E-state index contributed by atoms with van der Waals surface area (Å²) in [6, 6.07) is 3.83. The molecule has 4 aliphatic heterocycles. The van der Waals surface area contributed by atoms with Crippen molar-refractivity contribution >= 4 is 64.7 Å². The van der Waals surface area contributed by atoms with Gasteiger partial charge in [0.15, 0.2) is 6.10 Å². The Morgan fingerprint density at radius 3 is 2.60 bits per heavy atom. The fourth-order valence-corrected chi connectivity index (χ4v) is 9.25. The number of nitrogens with one attached hydrogen (secondary N) is 2. The third kappa shape index (κ3) is 11.1. The number of imide groups is 1. The number of epoxide rings is 1. The molecule has 2 unspecified atom stereocenters. The highest BCUT2D eigenvalue weighted by molar-refractivity contribution is 8.00. The number of rotatable bonds is 12. The van der Waals surface area contributed by atoms with Gasteiger partial charge in [0.05, 0.1) is 28.5 Å². The molecule has 0 radical (unpaired) electrons. The van der Waals surface area contributed by atoms with Crippen molar-refractivity contribution in [1.82, 2.24) is 15.5 Å². The number of fused-ring (bicyclic) bond motifs is 5. The Balaban J connectivity index is 1.28. The molecule has 9 atom stereocenters. The van der Waals surface area contributed by atoms with Crippen LogP contribution in [0.1, 0.15) is 84.8 Å². The summed E-state index contributed by atoms with van der Waals surface area (Å²) in [5, 5.41) is 16.8. The molecule has 4 bridgehead atoms. The predicted molar refractivity (Wildman–Crippen MR) is 226 cm³/mol. The number of esters is 1. The number of amides is 5. The van der Waals surface area contributed by atoms with Crippen molar-refractivity contribution in [2.45, 2.75) is 128 Å². The third-order valence-electron chi connectivity index (χ3n) is 11.8. The molecule has 60 heavy (non-hydrogen) atoms. The lowest BCUT2D eigenvalue weighted by Crippen LogP contribution is -2.60. The number of aliphatic hydroxyl groups is 1. The minimum Gasteiger partial charge on any atom is -0.457 e. The molecule has 0 saturated carbocycles. The number of ether oxygens (including phenoxy) is 4. The normalized spacial score (nSPS) is 31.7. The highest BCUT2D eigenvalue weighted by Crippen LogP contribution is 2.49. The van der Waals surface area contributed by atoms with Crippen molar-refractivity contribution < 1.29 is 52.8 Å². The van der Waals surface area contributed by atoms with Gasteiger partial charge in [-0.05, 0) is 70.4 Å². The minimum atomic E-state index is -1.61. The lowest BCUT2D eigenvalue weighted by atomic mass is 9.82. The lowest BCUT2D eigenvalue weighted by molar-refractivity contribution is -0.165. The summed E-state index contributed by atoms with van der Waals surface area (Å²) in [7, 11) is 1.62. The van der Waals surface area contributed by atoms with Gasteiger partial charge in [-0.1, -0.05) is 55.3 Å². The second kappa shape index (κ2) is 19.8. The van der Waals surface area contributed by atoms with Gasteiger partial charge in [-0.25, -0.2) is 9.59 Å². The number of halogens is 1. The zero-order valence-corrected chi connectivity index (χ0v) is 37.3. The Hall–Kier alpha value is -3.96. The Morgan fingerprint density at radius 2 is 1.88 bits per heavy atom. The highest BCUT2D eigenvalue weighted by atomic mass is 35.5. The first kappa shape index (κ1) is 47.1. The van der Waals surface area contributed by atoms with Crippen molar-refractivity contribution in [3.8, 4) is 0 Å². The van der Waals surface area contributed by atoms with E-state index in [0.29, 0.717) is 35.8 Å². The maximum atomic E-state index is 14.1. The molecule has 15 nitrogen and oxygen atoms in total. The van der Waals surface area contributed by atoms with Gasteiger partial charge in [0.1, 0.15) is 23.5 Å². The number of likely N-dealkylation sites (tertiary alicyclic amines) is 1. The predicted octanol–water partition coefficient (Wildman–Crippen LogP) is 4.77. The molecular weight excluding hydrogens is 816 g/mol. The number of alkyl carbamates (subject to hydrolysis) is 1. The summed E-state index contributed by atoms with van der Waals surface area (Å²) in [6.45, 7) is 13.2. The Labute approximate surface area is 361 Å². The molecule has 5 amide bonds. The van der Waals surface area contributed by atoms with Gasteiger partial charge in [0, 0.05) is 57.8 Å². The van der Waals surface area contributed by atoms with Crippen LogP contribution in [0.4, 0.5) is 10.5 Å². The fraction of sp³-hybridized carbons (Fsp3) is 0.628. The number of benzene rings is 1. The van der Waals surface area contributed by atoms with E-state index in [-0.39, 0.29) is 62.5 Å². The first-order valence-corrected chi connectivity index (χ1v) is 22.0. The fourth-order valence-electron chi connectivity index (χ4n) is 7.91. The Kier molecular flexibility index (Phi) is 15.6. The second-order valence-electron chi connectivity index (χ2n) is 16.5. The molecule has 0 spiro atoms.